The fourth-order valence-corrected chi connectivity index (χ4v) is 8.13. The van der Waals surface area contributed by atoms with Crippen LogP contribution in [0, 0.1) is 11.8 Å². The lowest BCUT2D eigenvalue weighted by molar-refractivity contribution is -0.136. The number of benzene rings is 3. The van der Waals surface area contributed by atoms with Crippen LogP contribution in [0.1, 0.15) is 24.3 Å². The molecule has 0 aromatic heterocycles. The fraction of sp³-hybridized carbons (Fsp3) is 0.290. The molecule has 3 aromatic carbocycles. The molecular weight excluding hydrogens is 492 g/mol. The Morgan fingerprint density at radius 2 is 1.38 bits per heavy atom. The molecule has 0 radical (unpaired) electrons. The maximum absolute atomic E-state index is 14.5. The van der Waals surface area contributed by atoms with Gasteiger partial charge in [-0.3, -0.25) is 24.1 Å². The van der Waals surface area contributed by atoms with E-state index in [-0.39, 0.29) is 30.2 Å². The predicted octanol–water partition coefficient (Wildman–Crippen LogP) is 3.16. The smallest absolute Gasteiger partial charge is 0.255 e. The molecule has 0 aliphatic carbocycles. The third-order valence-corrected chi connectivity index (χ3v) is 9.54. The van der Waals surface area contributed by atoms with Crippen LogP contribution < -0.4 is 15.1 Å². The van der Waals surface area contributed by atoms with Gasteiger partial charge in [-0.15, -0.1) is 0 Å². The standard InChI is InChI=1S/C31H26N4O4/c36-23-17-31(30(39)34(23)18-9-3-1-4-10-18)25-24(28(37)35(29(25)38)19-11-5-2-6-12-19)27-26-21(15-16-33(27)31)20-13-7-8-14-22(20)32-26/h1-14,21,24-27,32H,15-17H2/t21?,24-,25-,26?,27-,31-/m1/s1. The van der Waals surface area contributed by atoms with E-state index in [1.54, 1.807) is 48.5 Å². The van der Waals surface area contributed by atoms with Crippen LogP contribution in [0.5, 0.6) is 0 Å². The van der Waals surface area contributed by atoms with E-state index in [1.807, 2.05) is 30.3 Å². The van der Waals surface area contributed by atoms with Gasteiger partial charge in [0.2, 0.25) is 17.7 Å². The number of carbonyl (C=O) groups is 4. The van der Waals surface area contributed by atoms with Crippen molar-refractivity contribution in [2.45, 2.75) is 36.4 Å². The van der Waals surface area contributed by atoms with Gasteiger partial charge in [-0.2, -0.15) is 0 Å². The van der Waals surface area contributed by atoms with Crippen LogP contribution in [0.4, 0.5) is 17.1 Å². The van der Waals surface area contributed by atoms with Gasteiger partial charge in [-0.1, -0.05) is 54.6 Å². The Kier molecular flexibility index (Phi) is 4.57. The first-order chi connectivity index (χ1) is 19.0. The number of amides is 4. The molecule has 5 aliphatic heterocycles. The van der Waals surface area contributed by atoms with E-state index in [2.05, 4.69) is 16.3 Å². The fourth-order valence-electron chi connectivity index (χ4n) is 8.13. The van der Waals surface area contributed by atoms with Crippen LogP contribution in [0.25, 0.3) is 0 Å². The average molecular weight is 519 g/mol. The highest BCUT2D eigenvalue weighted by Gasteiger charge is 2.77. The normalized spacial score (nSPS) is 32.9. The SMILES string of the molecule is O=C1C[C@]2(C(=O)N1c1ccccc1)[C@H]1C(=O)N(c3ccccc3)C(=O)[C@H]1[C@@H]1C3Nc4ccccc4C3CCN12. The van der Waals surface area contributed by atoms with E-state index < -0.39 is 35.2 Å². The van der Waals surface area contributed by atoms with E-state index in [0.29, 0.717) is 17.9 Å². The van der Waals surface area contributed by atoms with Crippen LogP contribution in [0.15, 0.2) is 84.9 Å². The molecular formula is C31H26N4O4. The van der Waals surface area contributed by atoms with E-state index in [9.17, 15) is 19.2 Å². The first kappa shape index (κ1) is 22.7. The molecule has 1 N–H and O–H groups in total. The number of para-hydroxylation sites is 3. The number of anilines is 3. The van der Waals surface area contributed by atoms with Crippen LogP contribution in [-0.2, 0) is 19.2 Å². The number of imide groups is 2. The number of piperidine rings is 1. The minimum absolute atomic E-state index is 0.121. The molecule has 5 aliphatic rings. The Morgan fingerprint density at radius 3 is 2.10 bits per heavy atom. The summed E-state index contributed by atoms with van der Waals surface area (Å²) in [6.07, 6.45) is 0.647. The van der Waals surface area contributed by atoms with Gasteiger partial charge in [0.25, 0.3) is 5.91 Å². The van der Waals surface area contributed by atoms with Crippen LogP contribution in [-0.4, -0.2) is 52.7 Å². The lowest BCUT2D eigenvalue weighted by Gasteiger charge is -2.46. The van der Waals surface area contributed by atoms with Crippen molar-refractivity contribution in [3.8, 4) is 0 Å². The minimum Gasteiger partial charge on any atom is -0.380 e. The molecule has 0 bridgehead atoms. The zero-order chi connectivity index (χ0) is 26.5. The summed E-state index contributed by atoms with van der Waals surface area (Å²) in [6, 6.07) is 25.4. The molecule has 39 heavy (non-hydrogen) atoms. The van der Waals surface area contributed by atoms with Crippen molar-refractivity contribution >= 4 is 40.7 Å². The molecule has 5 heterocycles. The molecule has 6 atom stereocenters. The van der Waals surface area contributed by atoms with Crippen molar-refractivity contribution < 1.29 is 19.2 Å². The number of carbonyl (C=O) groups excluding carboxylic acids is 4. The van der Waals surface area contributed by atoms with Crippen LogP contribution >= 0.6 is 0 Å². The van der Waals surface area contributed by atoms with Crippen molar-refractivity contribution in [3.05, 3.63) is 90.5 Å². The average Bonchev–Trinajstić information content (AvgIpc) is 3.63. The number of fused-ring (bicyclic) bond motifs is 9. The number of hydrogen-bond donors (Lipinski definition) is 1. The highest BCUT2D eigenvalue weighted by molar-refractivity contribution is 6.30. The second-order valence-corrected chi connectivity index (χ2v) is 11.2. The van der Waals surface area contributed by atoms with E-state index >= 15 is 0 Å². The predicted molar refractivity (Wildman–Crippen MR) is 144 cm³/mol. The van der Waals surface area contributed by atoms with Gasteiger partial charge in [-0.25, -0.2) is 9.80 Å². The number of nitrogens with one attached hydrogen (secondary N) is 1. The second kappa shape index (κ2) is 7.86. The Labute approximate surface area is 225 Å². The zero-order valence-electron chi connectivity index (χ0n) is 21.1. The van der Waals surface area contributed by atoms with Gasteiger partial charge < -0.3 is 5.32 Å². The Morgan fingerprint density at radius 1 is 0.744 bits per heavy atom. The molecule has 4 fully saturated rings. The Bertz CT molecular complexity index is 1560. The van der Waals surface area contributed by atoms with Crippen LogP contribution in [0.2, 0.25) is 0 Å². The first-order valence-corrected chi connectivity index (χ1v) is 13.5. The highest BCUT2D eigenvalue weighted by Crippen LogP contribution is 2.59. The third-order valence-electron chi connectivity index (χ3n) is 9.54. The molecule has 4 saturated heterocycles. The van der Waals surface area contributed by atoms with Gasteiger partial charge in [0.15, 0.2) is 0 Å². The van der Waals surface area contributed by atoms with Crippen molar-refractivity contribution in [1.82, 2.24) is 4.90 Å². The van der Waals surface area contributed by atoms with Gasteiger partial charge in [0, 0.05) is 30.2 Å². The molecule has 2 unspecified atom stereocenters. The maximum Gasteiger partial charge on any atom is 0.255 e. The number of rotatable bonds is 2. The van der Waals surface area contributed by atoms with Crippen molar-refractivity contribution in [3.63, 3.8) is 0 Å². The summed E-state index contributed by atoms with van der Waals surface area (Å²) in [6.45, 7) is 0.530. The number of nitrogens with zero attached hydrogens (tertiary/aromatic N) is 3. The summed E-state index contributed by atoms with van der Waals surface area (Å²) in [5.74, 6) is -2.95. The lowest BCUT2D eigenvalue weighted by Crippen LogP contribution is -2.63. The third kappa shape index (κ3) is 2.76. The summed E-state index contributed by atoms with van der Waals surface area (Å²) >= 11 is 0. The topological polar surface area (TPSA) is 90.0 Å². The van der Waals surface area contributed by atoms with Gasteiger partial charge in [0.05, 0.1) is 29.6 Å². The van der Waals surface area contributed by atoms with Gasteiger partial charge in [-0.05, 0) is 42.3 Å². The Hall–Kier alpha value is -4.30. The molecule has 8 nitrogen and oxygen atoms in total. The van der Waals surface area contributed by atoms with Gasteiger partial charge in [0.1, 0.15) is 5.54 Å². The van der Waals surface area contributed by atoms with E-state index in [0.717, 1.165) is 12.1 Å². The largest absolute Gasteiger partial charge is 0.380 e. The van der Waals surface area contributed by atoms with Gasteiger partial charge >= 0.3 is 0 Å². The highest BCUT2D eigenvalue weighted by atomic mass is 16.2. The summed E-state index contributed by atoms with van der Waals surface area (Å²) in [7, 11) is 0. The van der Waals surface area contributed by atoms with Crippen molar-refractivity contribution in [2.75, 3.05) is 21.7 Å². The molecule has 4 amide bonds. The summed E-state index contributed by atoms with van der Waals surface area (Å²) in [5.41, 5.74) is 1.82. The van der Waals surface area contributed by atoms with E-state index in [1.165, 1.54) is 15.4 Å². The van der Waals surface area contributed by atoms with Crippen molar-refractivity contribution in [2.24, 2.45) is 11.8 Å². The van der Waals surface area contributed by atoms with Crippen LogP contribution in [0.3, 0.4) is 0 Å². The maximum atomic E-state index is 14.5. The monoisotopic (exact) mass is 518 g/mol. The second-order valence-electron chi connectivity index (χ2n) is 11.2. The molecule has 8 rings (SSSR count). The van der Waals surface area contributed by atoms with Crippen molar-refractivity contribution in [1.29, 1.82) is 0 Å². The first-order valence-electron chi connectivity index (χ1n) is 13.5. The molecule has 1 spiro atoms. The number of hydrogen-bond acceptors (Lipinski definition) is 6. The molecule has 0 saturated carbocycles. The Balaban J connectivity index is 1.29. The quantitative estimate of drug-likeness (QED) is 0.525. The summed E-state index contributed by atoms with van der Waals surface area (Å²) in [4.78, 5) is 61.2. The molecule has 3 aromatic rings. The summed E-state index contributed by atoms with van der Waals surface area (Å²) < 4.78 is 0. The van der Waals surface area contributed by atoms with E-state index in [4.69, 9.17) is 0 Å². The minimum atomic E-state index is -1.40. The molecule has 8 heteroatoms. The zero-order valence-corrected chi connectivity index (χ0v) is 21.1. The molecule has 194 valence electrons. The lowest BCUT2D eigenvalue weighted by atomic mass is 9.77. The summed E-state index contributed by atoms with van der Waals surface area (Å²) in [5, 5.41) is 3.65.